The first-order valence-electron chi connectivity index (χ1n) is 25.2. The van der Waals surface area contributed by atoms with Gasteiger partial charge in [0.05, 0.1) is 57.3 Å². The van der Waals surface area contributed by atoms with Crippen molar-refractivity contribution in [2.45, 2.75) is 121 Å². The highest BCUT2D eigenvalue weighted by Gasteiger charge is 2.22. The summed E-state index contributed by atoms with van der Waals surface area (Å²) >= 11 is 18.9. The van der Waals surface area contributed by atoms with E-state index in [-0.39, 0.29) is 63.2 Å². The SMILES string of the molecule is CC(C)Oc1cc(C(=O)Nc2ccc(C(=O)O)cc2)cc(Cl)c1OC(C)C.Cc1cc(NC(=O)c2cc(Cl)c(C)c(OC(C)C)c2)ccc1C(=O)O.Cc1cc(NC(=O)c2cc(Cl)c(OC(C)C)c(OC(C)C)c2)ccc1C(=O)O. The van der Waals surface area contributed by atoms with Crippen LogP contribution in [0.15, 0.2) is 97.1 Å². The summed E-state index contributed by atoms with van der Waals surface area (Å²) in [5, 5.41) is 36.3. The monoisotopic (exact) mass is 1160 g/mol. The fourth-order valence-corrected chi connectivity index (χ4v) is 7.93. The van der Waals surface area contributed by atoms with Gasteiger partial charge in [-0.15, -0.1) is 0 Å². The highest BCUT2D eigenvalue weighted by Crippen LogP contribution is 2.40. The number of carboxylic acids is 3. The van der Waals surface area contributed by atoms with Gasteiger partial charge in [-0.2, -0.15) is 0 Å². The minimum atomic E-state index is -1.03. The van der Waals surface area contributed by atoms with Crippen LogP contribution in [0.5, 0.6) is 28.7 Å². The van der Waals surface area contributed by atoms with Gasteiger partial charge >= 0.3 is 17.9 Å². The van der Waals surface area contributed by atoms with Crippen LogP contribution < -0.4 is 39.6 Å². The van der Waals surface area contributed by atoms with Gasteiger partial charge in [-0.25, -0.2) is 14.4 Å². The number of aryl methyl sites for hydroxylation is 2. The molecule has 6 aromatic carbocycles. The normalized spacial score (nSPS) is 10.8. The molecule has 426 valence electrons. The predicted molar refractivity (Wildman–Crippen MR) is 311 cm³/mol. The van der Waals surface area contributed by atoms with Crippen molar-refractivity contribution in [2.24, 2.45) is 0 Å². The van der Waals surface area contributed by atoms with Crippen molar-refractivity contribution in [1.82, 2.24) is 0 Å². The zero-order valence-electron chi connectivity index (χ0n) is 46.6. The molecule has 0 heterocycles. The number of benzene rings is 6. The number of aromatic carboxylic acids is 3. The van der Waals surface area contributed by atoms with Gasteiger partial charge in [0.2, 0.25) is 0 Å². The van der Waals surface area contributed by atoms with Crippen LogP contribution in [-0.4, -0.2) is 81.5 Å². The maximum Gasteiger partial charge on any atom is 0.335 e. The summed E-state index contributed by atoms with van der Waals surface area (Å²) in [4.78, 5) is 70.8. The van der Waals surface area contributed by atoms with E-state index in [0.29, 0.717) is 78.6 Å². The van der Waals surface area contributed by atoms with Crippen molar-refractivity contribution in [3.8, 4) is 28.7 Å². The van der Waals surface area contributed by atoms with Gasteiger partial charge in [0.25, 0.3) is 17.7 Å². The minimum absolute atomic E-state index is 0.0423. The van der Waals surface area contributed by atoms with E-state index in [1.165, 1.54) is 54.6 Å². The van der Waals surface area contributed by atoms with E-state index in [2.05, 4.69) is 16.0 Å². The van der Waals surface area contributed by atoms with E-state index < -0.39 is 29.7 Å². The molecule has 0 saturated heterocycles. The van der Waals surface area contributed by atoms with Crippen LogP contribution in [0, 0.1) is 20.8 Å². The zero-order valence-corrected chi connectivity index (χ0v) is 48.9. The van der Waals surface area contributed by atoms with Crippen molar-refractivity contribution in [3.05, 3.63) is 162 Å². The number of carbonyl (C=O) groups is 6. The molecule has 0 aliphatic rings. The predicted octanol–water partition coefficient (Wildman–Crippen LogP) is 14.7. The molecule has 0 saturated carbocycles. The molecule has 3 amide bonds. The van der Waals surface area contributed by atoms with Gasteiger partial charge in [0.15, 0.2) is 23.0 Å². The van der Waals surface area contributed by atoms with Crippen molar-refractivity contribution >= 4 is 87.5 Å². The molecule has 0 atom stereocenters. The van der Waals surface area contributed by atoms with Crippen molar-refractivity contribution in [2.75, 3.05) is 16.0 Å². The molecule has 17 nitrogen and oxygen atoms in total. The topological polar surface area (TPSA) is 245 Å². The molecule has 0 aliphatic carbocycles. The molecule has 6 N–H and O–H groups in total. The smallest absolute Gasteiger partial charge is 0.335 e. The number of hydrogen-bond acceptors (Lipinski definition) is 11. The Hall–Kier alpha value is -7.99. The van der Waals surface area contributed by atoms with Crippen LogP contribution in [0.2, 0.25) is 15.1 Å². The lowest BCUT2D eigenvalue weighted by Crippen LogP contribution is -2.15. The zero-order chi connectivity index (χ0) is 59.9. The van der Waals surface area contributed by atoms with Crippen molar-refractivity contribution in [1.29, 1.82) is 0 Å². The quantitative estimate of drug-likeness (QED) is 0.0442. The Bertz CT molecular complexity index is 3230. The summed E-state index contributed by atoms with van der Waals surface area (Å²) in [5.41, 5.74) is 4.84. The van der Waals surface area contributed by atoms with Crippen LogP contribution in [-0.2, 0) is 0 Å². The molecule has 0 spiro atoms. The molecule has 6 rings (SSSR count). The Morgan fingerprint density at radius 1 is 0.375 bits per heavy atom. The van der Waals surface area contributed by atoms with Crippen LogP contribution in [0.25, 0.3) is 0 Å². The number of carboxylic acid groups (broad SMARTS) is 3. The van der Waals surface area contributed by atoms with Gasteiger partial charge in [0.1, 0.15) is 5.75 Å². The Kier molecular flexibility index (Phi) is 23.6. The molecule has 0 unspecified atom stereocenters. The second-order valence-corrected chi connectivity index (χ2v) is 20.6. The van der Waals surface area contributed by atoms with Crippen LogP contribution in [0.4, 0.5) is 17.1 Å². The Balaban J connectivity index is 0.000000259. The number of carbonyl (C=O) groups excluding carboxylic acids is 3. The van der Waals surface area contributed by atoms with E-state index in [9.17, 15) is 28.8 Å². The Labute approximate surface area is 480 Å². The van der Waals surface area contributed by atoms with Crippen molar-refractivity contribution in [3.63, 3.8) is 0 Å². The van der Waals surface area contributed by atoms with E-state index in [0.717, 1.165) is 5.56 Å². The number of nitrogens with one attached hydrogen (secondary N) is 3. The standard InChI is InChI=1S/C21H24ClNO5.C20H22ClNO5.C19H20ClNO4/c1-11(2)27-18-10-14(9-17(22)19(18)28-12(3)4)20(24)23-15-6-7-16(21(25)26)13(5)8-15;1-11(2)26-17-10-14(9-16(21)18(17)27-12(3)4)19(23)22-15-7-5-13(6-8-15)20(24)25;1-10(2)25-17-9-13(8-16(20)12(17)4)18(22)21-14-5-6-15(19(23)24)11(3)7-14/h6-12H,1-5H3,(H,23,24)(H,25,26);5-12H,1-4H3,(H,22,23)(H,24,25);5-10H,1-4H3,(H,21,22)(H,23,24). The summed E-state index contributed by atoms with van der Waals surface area (Å²) in [6, 6.07) is 24.5. The second kappa shape index (κ2) is 29.3. The maximum atomic E-state index is 12.7. The summed E-state index contributed by atoms with van der Waals surface area (Å²) in [5.74, 6) is -2.07. The number of ether oxygens (including phenoxy) is 5. The van der Waals surface area contributed by atoms with E-state index in [1.807, 2.05) is 76.2 Å². The number of rotatable bonds is 19. The molecular formula is C60H66Cl3N3O14. The molecule has 0 aliphatic heterocycles. The lowest BCUT2D eigenvalue weighted by molar-refractivity contribution is 0.0685. The third kappa shape index (κ3) is 19.1. The molecule has 80 heavy (non-hydrogen) atoms. The number of anilines is 3. The molecule has 6 aromatic rings. The third-order valence-electron chi connectivity index (χ3n) is 10.7. The van der Waals surface area contributed by atoms with Gasteiger partial charge in [-0.3, -0.25) is 14.4 Å². The fraction of sp³-hybridized carbons (Fsp3) is 0.300. The number of halogens is 3. The van der Waals surface area contributed by atoms with Crippen LogP contribution in [0.3, 0.4) is 0 Å². The van der Waals surface area contributed by atoms with Gasteiger partial charge in [0, 0.05) is 44.3 Å². The Morgan fingerprint density at radius 3 is 1.01 bits per heavy atom. The molecule has 0 bridgehead atoms. The molecule has 0 radical (unpaired) electrons. The van der Waals surface area contributed by atoms with Crippen LogP contribution >= 0.6 is 34.8 Å². The third-order valence-corrected chi connectivity index (χ3v) is 11.7. The molecule has 0 aromatic heterocycles. The van der Waals surface area contributed by atoms with Gasteiger partial charge in [-0.05, 0) is 198 Å². The van der Waals surface area contributed by atoms with Gasteiger partial charge < -0.3 is 55.0 Å². The minimum Gasteiger partial charge on any atom is -0.491 e. The summed E-state index contributed by atoms with van der Waals surface area (Å²) in [6.07, 6.45) is -0.515. The molecule has 20 heteroatoms. The summed E-state index contributed by atoms with van der Waals surface area (Å²) in [7, 11) is 0. The highest BCUT2D eigenvalue weighted by molar-refractivity contribution is 6.33. The summed E-state index contributed by atoms with van der Waals surface area (Å²) in [6.45, 7) is 23.9. The number of hydrogen-bond donors (Lipinski definition) is 6. The van der Waals surface area contributed by atoms with Crippen LogP contribution in [0.1, 0.15) is 148 Å². The fourth-order valence-electron chi connectivity index (χ4n) is 7.21. The average molecular weight is 1160 g/mol. The first kappa shape index (κ1) is 64.5. The first-order valence-corrected chi connectivity index (χ1v) is 26.3. The Morgan fingerprint density at radius 2 is 0.688 bits per heavy atom. The molecular weight excluding hydrogens is 1090 g/mol. The largest absolute Gasteiger partial charge is 0.491 e. The van der Waals surface area contributed by atoms with Crippen molar-refractivity contribution < 1.29 is 67.8 Å². The lowest BCUT2D eigenvalue weighted by atomic mass is 10.1. The first-order chi connectivity index (χ1) is 37.4. The average Bonchev–Trinajstić information content (AvgIpc) is 3.35. The van der Waals surface area contributed by atoms with Gasteiger partial charge in [-0.1, -0.05) is 34.8 Å². The number of amides is 3. The van der Waals surface area contributed by atoms with E-state index >= 15 is 0 Å². The van der Waals surface area contributed by atoms with E-state index in [4.69, 9.17) is 73.8 Å². The lowest BCUT2D eigenvalue weighted by Gasteiger charge is -2.19. The molecule has 0 fully saturated rings. The second-order valence-electron chi connectivity index (χ2n) is 19.4. The highest BCUT2D eigenvalue weighted by atomic mass is 35.5. The van der Waals surface area contributed by atoms with E-state index in [1.54, 1.807) is 56.3 Å². The summed E-state index contributed by atoms with van der Waals surface area (Å²) < 4.78 is 28.7. The maximum absolute atomic E-state index is 12.7.